The van der Waals surface area contributed by atoms with Gasteiger partial charge in [-0.1, -0.05) is 26.0 Å². The second-order valence-electron chi connectivity index (χ2n) is 7.29. The summed E-state index contributed by atoms with van der Waals surface area (Å²) in [5.74, 6) is -0.0348. The molecule has 0 aliphatic rings. The number of H-pyrrole nitrogens is 1. The number of nitrogens with one attached hydrogen (secondary N) is 2. The Bertz CT molecular complexity index is 1180. The number of hydrogen-bond donors (Lipinski definition) is 2. The van der Waals surface area contributed by atoms with Crippen molar-refractivity contribution in [3.05, 3.63) is 53.4 Å². The van der Waals surface area contributed by atoms with Gasteiger partial charge < -0.3 is 15.2 Å². The van der Waals surface area contributed by atoms with Crippen LogP contribution in [0.1, 0.15) is 29.8 Å². The minimum Gasteiger partial charge on any atom is -0.344 e. The van der Waals surface area contributed by atoms with Crippen LogP contribution in [-0.2, 0) is 4.79 Å². The molecule has 3 rings (SSSR count). The summed E-state index contributed by atoms with van der Waals surface area (Å²) in [4.78, 5) is 37.7. The van der Waals surface area contributed by atoms with Crippen LogP contribution >= 0.6 is 0 Å². The quantitative estimate of drug-likeness (QED) is 0.370. The fourth-order valence-electron chi connectivity index (χ4n) is 2.85. The van der Waals surface area contributed by atoms with Gasteiger partial charge in [-0.2, -0.15) is 5.26 Å². The molecule has 0 fully saturated rings. The van der Waals surface area contributed by atoms with Gasteiger partial charge >= 0.3 is 0 Å². The number of carbonyl (C=O) groups excluding carboxylic acids is 2. The lowest BCUT2D eigenvalue weighted by Gasteiger charge is -2.09. The predicted octanol–water partition coefficient (Wildman–Crippen LogP) is 3.54. The van der Waals surface area contributed by atoms with Gasteiger partial charge in [-0.3, -0.25) is 9.59 Å². The molecule has 2 N–H and O–H groups in total. The molecule has 0 atom stereocenters. The number of rotatable bonds is 6. The minimum atomic E-state index is -0.359. The number of ketones is 1. The van der Waals surface area contributed by atoms with Gasteiger partial charge in [-0.25, -0.2) is 9.97 Å². The summed E-state index contributed by atoms with van der Waals surface area (Å²) in [6.45, 7) is 3.68. The van der Waals surface area contributed by atoms with Crippen molar-refractivity contribution in [1.29, 1.82) is 5.26 Å². The number of nitriles is 1. The van der Waals surface area contributed by atoms with Crippen molar-refractivity contribution in [2.24, 2.45) is 5.92 Å². The third-order valence-corrected chi connectivity index (χ3v) is 4.40. The van der Waals surface area contributed by atoms with Crippen molar-refractivity contribution in [3.8, 4) is 6.07 Å². The molecule has 0 saturated carbocycles. The number of hydrogen-bond acceptors (Lipinski definition) is 6. The maximum absolute atomic E-state index is 12.4. The number of carbonyl (C=O) groups is 2. The van der Waals surface area contributed by atoms with Crippen LogP contribution in [0.2, 0.25) is 0 Å². The molecule has 30 heavy (non-hydrogen) atoms. The first-order valence-corrected chi connectivity index (χ1v) is 9.39. The number of aromatic nitrogens is 3. The van der Waals surface area contributed by atoms with Crippen LogP contribution in [0.4, 0.5) is 11.5 Å². The fourth-order valence-corrected chi connectivity index (χ4v) is 2.85. The summed E-state index contributed by atoms with van der Waals surface area (Å²) >= 11 is 0. The van der Waals surface area contributed by atoms with Gasteiger partial charge in [-0.15, -0.1) is 0 Å². The van der Waals surface area contributed by atoms with E-state index in [-0.39, 0.29) is 23.2 Å². The van der Waals surface area contributed by atoms with Crippen molar-refractivity contribution < 1.29 is 9.59 Å². The monoisotopic (exact) mass is 402 g/mol. The summed E-state index contributed by atoms with van der Waals surface area (Å²) < 4.78 is 0. The van der Waals surface area contributed by atoms with E-state index >= 15 is 0 Å². The molecule has 1 aromatic carbocycles. The van der Waals surface area contributed by atoms with E-state index in [2.05, 4.69) is 20.3 Å². The van der Waals surface area contributed by atoms with Crippen LogP contribution in [0.3, 0.4) is 0 Å². The number of nitrogens with zero attached hydrogens (tertiary/aromatic N) is 4. The van der Waals surface area contributed by atoms with E-state index in [0.717, 1.165) is 0 Å². The second kappa shape index (κ2) is 8.57. The van der Waals surface area contributed by atoms with E-state index in [4.69, 9.17) is 0 Å². The maximum Gasteiger partial charge on any atom is 0.264 e. The number of anilines is 2. The standard InChI is InChI=1S/C22H22N6O2/c1-13(2)20(29)17-11-24-21-19(17)27-18(12-25-21)26-16-7-5-6-14(9-16)8-15(10-23)22(30)28(3)4/h5-9,11-13H,1-4H3,(H,24,25)(H,26,27)/b15-8-. The van der Waals surface area contributed by atoms with Gasteiger partial charge in [0.05, 0.1) is 11.8 Å². The Morgan fingerprint density at radius 1 is 1.30 bits per heavy atom. The molecule has 0 unspecified atom stereocenters. The largest absolute Gasteiger partial charge is 0.344 e. The molecule has 0 saturated heterocycles. The van der Waals surface area contributed by atoms with Crippen LogP contribution in [0, 0.1) is 17.2 Å². The molecule has 0 bridgehead atoms. The van der Waals surface area contributed by atoms with Crippen molar-refractivity contribution in [2.45, 2.75) is 13.8 Å². The van der Waals surface area contributed by atoms with Gasteiger partial charge in [0.2, 0.25) is 0 Å². The van der Waals surface area contributed by atoms with Gasteiger partial charge in [0.15, 0.2) is 11.4 Å². The Labute approximate surface area is 174 Å². The zero-order valence-corrected chi connectivity index (χ0v) is 17.2. The highest BCUT2D eigenvalue weighted by Crippen LogP contribution is 2.22. The van der Waals surface area contributed by atoms with Crippen LogP contribution in [0.25, 0.3) is 17.2 Å². The van der Waals surface area contributed by atoms with Crippen LogP contribution < -0.4 is 5.32 Å². The van der Waals surface area contributed by atoms with Gasteiger partial charge in [-0.05, 0) is 23.8 Å². The molecule has 0 radical (unpaired) electrons. The molecular weight excluding hydrogens is 380 g/mol. The smallest absolute Gasteiger partial charge is 0.264 e. The molecule has 2 heterocycles. The van der Waals surface area contributed by atoms with E-state index < -0.39 is 0 Å². The Morgan fingerprint density at radius 3 is 2.73 bits per heavy atom. The number of likely N-dealkylation sites (N-methyl/N-ethyl adjacent to an activating group) is 1. The zero-order chi connectivity index (χ0) is 21.8. The number of benzene rings is 1. The first kappa shape index (κ1) is 20.7. The van der Waals surface area contributed by atoms with Gasteiger partial charge in [0.25, 0.3) is 5.91 Å². The SMILES string of the molecule is CC(C)C(=O)c1c[nH]c2ncc(Nc3cccc(/C=C(/C#N)C(=O)N(C)C)c3)nc12. The van der Waals surface area contributed by atoms with Gasteiger partial charge in [0.1, 0.15) is 23.0 Å². The van der Waals surface area contributed by atoms with E-state index in [1.54, 1.807) is 44.7 Å². The van der Waals surface area contributed by atoms with Crippen molar-refractivity contribution in [1.82, 2.24) is 19.9 Å². The van der Waals surface area contributed by atoms with Crippen LogP contribution in [0.5, 0.6) is 0 Å². The maximum atomic E-state index is 12.4. The van der Waals surface area contributed by atoms with E-state index in [0.29, 0.717) is 33.8 Å². The Hall–Kier alpha value is -3.99. The van der Waals surface area contributed by atoms with Gasteiger partial charge in [0, 0.05) is 31.9 Å². The highest BCUT2D eigenvalue weighted by Gasteiger charge is 2.17. The summed E-state index contributed by atoms with van der Waals surface area (Å²) in [7, 11) is 3.19. The molecule has 1 amide bonds. The molecule has 3 aromatic rings. The molecule has 0 aliphatic heterocycles. The summed E-state index contributed by atoms with van der Waals surface area (Å²) in [6.07, 6.45) is 4.74. The number of Topliss-reactive ketones (excluding diaryl/α,β-unsaturated/α-hetero) is 1. The number of amides is 1. The molecular formula is C22H22N6O2. The lowest BCUT2D eigenvalue weighted by Crippen LogP contribution is -2.22. The second-order valence-corrected chi connectivity index (χ2v) is 7.29. The van der Waals surface area contributed by atoms with E-state index in [1.807, 2.05) is 26.0 Å². The lowest BCUT2D eigenvalue weighted by molar-refractivity contribution is -0.124. The zero-order valence-electron chi connectivity index (χ0n) is 17.2. The summed E-state index contributed by atoms with van der Waals surface area (Å²) in [6, 6.07) is 9.17. The third-order valence-electron chi connectivity index (χ3n) is 4.40. The highest BCUT2D eigenvalue weighted by molar-refractivity contribution is 6.06. The van der Waals surface area contributed by atoms with Crippen LogP contribution in [-0.4, -0.2) is 45.6 Å². The molecule has 8 heteroatoms. The fraction of sp³-hybridized carbons (Fsp3) is 0.227. The Morgan fingerprint density at radius 2 is 2.07 bits per heavy atom. The van der Waals surface area contributed by atoms with E-state index in [9.17, 15) is 14.9 Å². The topological polar surface area (TPSA) is 115 Å². The Balaban J connectivity index is 1.90. The first-order chi connectivity index (χ1) is 14.3. The van der Waals surface area contributed by atoms with E-state index in [1.165, 1.54) is 11.0 Å². The average molecular weight is 402 g/mol. The predicted molar refractivity (Wildman–Crippen MR) is 115 cm³/mol. The first-order valence-electron chi connectivity index (χ1n) is 9.39. The van der Waals surface area contributed by atoms with Crippen molar-refractivity contribution in [3.63, 3.8) is 0 Å². The molecule has 0 aliphatic carbocycles. The minimum absolute atomic E-state index is 0.00516. The van der Waals surface area contributed by atoms with Crippen LogP contribution in [0.15, 0.2) is 42.2 Å². The molecule has 0 spiro atoms. The highest BCUT2D eigenvalue weighted by atomic mass is 16.2. The number of aromatic amines is 1. The third kappa shape index (κ3) is 4.36. The summed E-state index contributed by atoms with van der Waals surface area (Å²) in [5, 5.41) is 12.4. The number of fused-ring (bicyclic) bond motifs is 1. The Kier molecular flexibility index (Phi) is 5.93. The molecule has 2 aromatic heterocycles. The van der Waals surface area contributed by atoms with Crippen molar-refractivity contribution in [2.75, 3.05) is 19.4 Å². The normalized spacial score (nSPS) is 11.4. The summed E-state index contributed by atoms with van der Waals surface area (Å²) in [5.41, 5.74) is 3.01. The lowest BCUT2D eigenvalue weighted by atomic mass is 10.0. The molecule has 152 valence electrons. The molecule has 8 nitrogen and oxygen atoms in total. The average Bonchev–Trinajstić information content (AvgIpc) is 3.14. The van der Waals surface area contributed by atoms with Crippen molar-refractivity contribution >= 4 is 40.4 Å².